The summed E-state index contributed by atoms with van der Waals surface area (Å²) in [6, 6.07) is 14.1. The number of hydrogen-bond donors (Lipinski definition) is 2. The molecule has 1 aliphatic carbocycles. The lowest BCUT2D eigenvalue weighted by atomic mass is 9.79. The van der Waals surface area contributed by atoms with Gasteiger partial charge in [0.1, 0.15) is 11.5 Å². The van der Waals surface area contributed by atoms with Crippen LogP contribution in [0.2, 0.25) is 0 Å². The smallest absolute Gasteiger partial charge is 0.278 e. The minimum Gasteiger partial charge on any atom is -0.474 e. The van der Waals surface area contributed by atoms with Crippen LogP contribution in [-0.4, -0.2) is 37.0 Å². The average molecular weight is 511 g/mol. The van der Waals surface area contributed by atoms with Crippen LogP contribution in [0.3, 0.4) is 0 Å². The summed E-state index contributed by atoms with van der Waals surface area (Å²) in [5.41, 5.74) is 3.83. The van der Waals surface area contributed by atoms with Gasteiger partial charge in [0.15, 0.2) is 11.5 Å². The molecule has 0 spiro atoms. The van der Waals surface area contributed by atoms with E-state index in [1.165, 1.54) is 11.1 Å². The molecule has 0 saturated heterocycles. The SMILES string of the molecule is CCn1c(=O)c2cnc(Nc3ccc4c(c3)CNCC4(C)C)nc2n1-c1cccc(OC2CC(C#N)C2)n1. The highest BCUT2D eigenvalue weighted by atomic mass is 16.5. The molecule has 0 radical (unpaired) electrons. The van der Waals surface area contributed by atoms with Gasteiger partial charge < -0.3 is 15.4 Å². The molecule has 0 unspecified atom stereocenters. The number of aromatic nitrogens is 5. The van der Waals surface area contributed by atoms with Crippen LogP contribution in [0.4, 0.5) is 11.6 Å². The van der Waals surface area contributed by atoms with Gasteiger partial charge in [-0.3, -0.25) is 4.79 Å². The van der Waals surface area contributed by atoms with Gasteiger partial charge in [0.2, 0.25) is 11.8 Å². The molecule has 1 aliphatic heterocycles. The second kappa shape index (κ2) is 9.26. The second-order valence-corrected chi connectivity index (χ2v) is 10.6. The Labute approximate surface area is 220 Å². The normalized spacial score (nSPS) is 19.8. The molecule has 1 aromatic carbocycles. The van der Waals surface area contributed by atoms with Crippen LogP contribution in [0.15, 0.2) is 47.4 Å². The van der Waals surface area contributed by atoms with Crippen molar-refractivity contribution in [3.63, 3.8) is 0 Å². The van der Waals surface area contributed by atoms with Crippen molar-refractivity contribution in [3.05, 3.63) is 64.1 Å². The number of benzene rings is 1. The van der Waals surface area contributed by atoms with Crippen LogP contribution in [0.1, 0.15) is 44.7 Å². The highest BCUT2D eigenvalue weighted by molar-refractivity contribution is 5.77. The third kappa shape index (κ3) is 4.19. The van der Waals surface area contributed by atoms with E-state index in [0.29, 0.717) is 48.1 Å². The Morgan fingerprint density at radius 3 is 2.87 bits per heavy atom. The Bertz CT molecular complexity index is 1620. The maximum atomic E-state index is 13.2. The number of ether oxygens (including phenoxy) is 1. The first kappa shape index (κ1) is 24.1. The lowest BCUT2D eigenvalue weighted by Crippen LogP contribution is -2.38. The van der Waals surface area contributed by atoms with E-state index in [0.717, 1.165) is 18.8 Å². The number of rotatable bonds is 6. The van der Waals surface area contributed by atoms with Gasteiger partial charge >= 0.3 is 0 Å². The van der Waals surface area contributed by atoms with Crippen molar-refractivity contribution >= 4 is 22.7 Å². The minimum absolute atomic E-state index is 0.0207. The fourth-order valence-electron chi connectivity index (χ4n) is 5.34. The van der Waals surface area contributed by atoms with E-state index in [1.807, 2.05) is 25.1 Å². The summed E-state index contributed by atoms with van der Waals surface area (Å²) in [5.74, 6) is 1.42. The predicted octanol–water partition coefficient (Wildman–Crippen LogP) is 3.80. The molecule has 6 rings (SSSR count). The molecule has 4 heterocycles. The van der Waals surface area contributed by atoms with Gasteiger partial charge in [-0.15, -0.1) is 0 Å². The number of nitriles is 1. The number of fused-ring (bicyclic) bond motifs is 2. The lowest BCUT2D eigenvalue weighted by molar-refractivity contribution is 0.0845. The predicted molar refractivity (Wildman–Crippen MR) is 144 cm³/mol. The van der Waals surface area contributed by atoms with Gasteiger partial charge in [-0.2, -0.15) is 15.2 Å². The maximum Gasteiger partial charge on any atom is 0.278 e. The molecule has 10 heteroatoms. The van der Waals surface area contributed by atoms with E-state index in [9.17, 15) is 4.79 Å². The van der Waals surface area contributed by atoms with Crippen molar-refractivity contribution in [3.8, 4) is 17.8 Å². The van der Waals surface area contributed by atoms with E-state index >= 15 is 0 Å². The average Bonchev–Trinajstić information content (AvgIpc) is 3.16. The third-order valence-electron chi connectivity index (χ3n) is 7.44. The molecule has 0 amide bonds. The zero-order valence-electron chi connectivity index (χ0n) is 21.7. The molecule has 2 aliphatic rings. The largest absolute Gasteiger partial charge is 0.474 e. The van der Waals surface area contributed by atoms with E-state index in [-0.39, 0.29) is 23.0 Å². The van der Waals surface area contributed by atoms with Gasteiger partial charge in [-0.05, 0) is 36.2 Å². The Hall–Kier alpha value is -4.23. The number of nitrogens with one attached hydrogen (secondary N) is 2. The zero-order chi connectivity index (χ0) is 26.4. The lowest BCUT2D eigenvalue weighted by Gasteiger charge is -2.33. The first-order valence-corrected chi connectivity index (χ1v) is 13.0. The van der Waals surface area contributed by atoms with Crippen molar-refractivity contribution < 1.29 is 4.74 Å². The molecule has 4 aromatic rings. The molecule has 1 fully saturated rings. The summed E-state index contributed by atoms with van der Waals surface area (Å²) in [5, 5.41) is 16.2. The van der Waals surface area contributed by atoms with Crippen molar-refractivity contribution in [2.24, 2.45) is 5.92 Å². The highest BCUT2D eigenvalue weighted by Gasteiger charge is 2.31. The Balaban J connectivity index is 1.35. The Morgan fingerprint density at radius 2 is 2.08 bits per heavy atom. The van der Waals surface area contributed by atoms with Gasteiger partial charge in [0.25, 0.3) is 5.56 Å². The second-order valence-electron chi connectivity index (χ2n) is 10.6. The first-order valence-electron chi connectivity index (χ1n) is 13.0. The van der Waals surface area contributed by atoms with E-state index in [1.54, 1.807) is 21.6 Å². The maximum absolute atomic E-state index is 13.2. The Morgan fingerprint density at radius 1 is 1.24 bits per heavy atom. The first-order chi connectivity index (χ1) is 18.4. The molecule has 1 saturated carbocycles. The summed E-state index contributed by atoms with van der Waals surface area (Å²) in [6.45, 7) is 8.58. The van der Waals surface area contributed by atoms with Crippen molar-refractivity contribution in [1.82, 2.24) is 29.6 Å². The van der Waals surface area contributed by atoms with Crippen molar-refractivity contribution in [1.29, 1.82) is 5.26 Å². The molecule has 10 nitrogen and oxygen atoms in total. The third-order valence-corrected chi connectivity index (χ3v) is 7.44. The summed E-state index contributed by atoms with van der Waals surface area (Å²) in [6.07, 6.45) is 2.95. The fraction of sp³-hybridized carbons (Fsp3) is 0.393. The van der Waals surface area contributed by atoms with Gasteiger partial charge in [-0.1, -0.05) is 26.0 Å². The topological polar surface area (TPSA) is 123 Å². The molecule has 38 heavy (non-hydrogen) atoms. The number of anilines is 2. The highest BCUT2D eigenvalue weighted by Crippen LogP contribution is 2.32. The van der Waals surface area contributed by atoms with Crippen LogP contribution < -0.4 is 20.9 Å². The Kier molecular flexibility index (Phi) is 5.88. The standard InChI is InChI=1S/C28H30N8O2/c1-4-35-26(37)21-15-31-27(32-19-8-9-22-18(12-19)14-30-16-28(22,2)3)34-25(21)36(35)23-6-5-7-24(33-23)38-20-10-17(11-20)13-29/h5-9,12,15,17,20,30H,4,10-11,14,16H2,1-3H3,(H,31,32,34). The van der Waals surface area contributed by atoms with Gasteiger partial charge in [0, 0.05) is 55.8 Å². The summed E-state index contributed by atoms with van der Waals surface area (Å²) < 4.78 is 9.30. The van der Waals surface area contributed by atoms with Crippen LogP contribution in [-0.2, 0) is 18.5 Å². The summed E-state index contributed by atoms with van der Waals surface area (Å²) in [7, 11) is 0. The van der Waals surface area contributed by atoms with Crippen molar-refractivity contribution in [2.75, 3.05) is 11.9 Å². The summed E-state index contributed by atoms with van der Waals surface area (Å²) in [4.78, 5) is 27.0. The quantitative estimate of drug-likeness (QED) is 0.402. The van der Waals surface area contributed by atoms with Crippen LogP contribution >= 0.6 is 0 Å². The molecule has 194 valence electrons. The minimum atomic E-state index is -0.180. The van der Waals surface area contributed by atoms with Gasteiger partial charge in [0.05, 0.1) is 12.0 Å². The molecular weight excluding hydrogens is 480 g/mol. The van der Waals surface area contributed by atoms with Crippen LogP contribution in [0.5, 0.6) is 5.88 Å². The van der Waals surface area contributed by atoms with Crippen LogP contribution in [0.25, 0.3) is 16.9 Å². The summed E-state index contributed by atoms with van der Waals surface area (Å²) >= 11 is 0. The molecule has 2 N–H and O–H groups in total. The van der Waals surface area contributed by atoms with E-state index in [2.05, 4.69) is 52.7 Å². The molecule has 3 aromatic heterocycles. The van der Waals surface area contributed by atoms with Gasteiger partial charge in [-0.25, -0.2) is 14.3 Å². The number of pyridine rings is 1. The van der Waals surface area contributed by atoms with Crippen LogP contribution in [0, 0.1) is 17.2 Å². The zero-order valence-corrected chi connectivity index (χ0v) is 21.7. The molecule has 0 atom stereocenters. The molecule has 0 bridgehead atoms. The number of nitrogens with zero attached hydrogens (tertiary/aromatic N) is 6. The molecular formula is C28H30N8O2. The monoisotopic (exact) mass is 510 g/mol. The van der Waals surface area contributed by atoms with Crippen molar-refractivity contribution in [2.45, 2.75) is 58.2 Å². The number of hydrogen-bond acceptors (Lipinski definition) is 8. The fourth-order valence-corrected chi connectivity index (χ4v) is 5.34. The van der Waals surface area contributed by atoms with E-state index < -0.39 is 0 Å². The van der Waals surface area contributed by atoms with E-state index in [4.69, 9.17) is 15.0 Å².